The zero-order chi connectivity index (χ0) is 14.8. The van der Waals surface area contributed by atoms with Crippen molar-refractivity contribution >= 4 is 11.8 Å². The Kier molecular flexibility index (Phi) is 4.09. The molecule has 3 rings (SSSR count). The summed E-state index contributed by atoms with van der Waals surface area (Å²) in [6, 6.07) is 10.1. The van der Waals surface area contributed by atoms with Crippen molar-refractivity contribution in [3.05, 3.63) is 35.9 Å². The fourth-order valence-corrected chi connectivity index (χ4v) is 3.75. The number of rotatable bonds is 4. The van der Waals surface area contributed by atoms with Crippen LogP contribution in [0.2, 0.25) is 0 Å². The minimum atomic E-state index is -0.116. The zero-order valence-electron chi connectivity index (χ0n) is 12.5. The molecule has 0 aliphatic heterocycles. The number of ether oxygens (including phenoxy) is 1. The standard InChI is InChI=1S/C18H22O3/c1-12(9-13-5-3-2-4-6-13)21-18(20)16-10-14-7-8-15(11-16)17(14)19/h2-6,12,14-16H,7-11H2,1H3/t12-,14-,15+,16?/m0/s1. The summed E-state index contributed by atoms with van der Waals surface area (Å²) in [4.78, 5) is 24.2. The van der Waals surface area contributed by atoms with E-state index in [9.17, 15) is 9.59 Å². The van der Waals surface area contributed by atoms with E-state index in [-0.39, 0.29) is 29.8 Å². The van der Waals surface area contributed by atoms with Crippen LogP contribution in [0.25, 0.3) is 0 Å². The Bertz CT molecular complexity index is 507. The van der Waals surface area contributed by atoms with Crippen LogP contribution >= 0.6 is 0 Å². The van der Waals surface area contributed by atoms with Crippen molar-refractivity contribution in [2.75, 3.05) is 0 Å². The number of esters is 1. The van der Waals surface area contributed by atoms with E-state index in [4.69, 9.17) is 4.74 Å². The molecule has 0 heterocycles. The molecule has 2 aliphatic rings. The topological polar surface area (TPSA) is 43.4 Å². The normalized spacial score (nSPS) is 29.2. The molecule has 2 bridgehead atoms. The fraction of sp³-hybridized carbons (Fsp3) is 0.556. The lowest BCUT2D eigenvalue weighted by Crippen LogP contribution is -2.33. The maximum atomic E-state index is 12.3. The van der Waals surface area contributed by atoms with Crippen LogP contribution < -0.4 is 0 Å². The van der Waals surface area contributed by atoms with Crippen LogP contribution in [-0.4, -0.2) is 17.9 Å². The average molecular weight is 286 g/mol. The highest BCUT2D eigenvalue weighted by atomic mass is 16.5. The largest absolute Gasteiger partial charge is 0.462 e. The van der Waals surface area contributed by atoms with E-state index in [1.807, 2.05) is 37.3 Å². The van der Waals surface area contributed by atoms with Crippen LogP contribution in [0.1, 0.15) is 38.2 Å². The predicted molar refractivity (Wildman–Crippen MR) is 79.6 cm³/mol. The third-order valence-corrected chi connectivity index (χ3v) is 4.82. The highest BCUT2D eigenvalue weighted by molar-refractivity contribution is 5.88. The Morgan fingerprint density at radius 1 is 1.19 bits per heavy atom. The fourth-order valence-electron chi connectivity index (χ4n) is 3.75. The second kappa shape index (κ2) is 6.00. The quantitative estimate of drug-likeness (QED) is 0.798. The number of hydrogen-bond donors (Lipinski definition) is 0. The van der Waals surface area contributed by atoms with Crippen molar-refractivity contribution in [2.45, 2.75) is 45.1 Å². The van der Waals surface area contributed by atoms with Gasteiger partial charge in [-0.1, -0.05) is 30.3 Å². The lowest BCUT2D eigenvalue weighted by Gasteiger charge is -2.26. The first-order valence-electron chi connectivity index (χ1n) is 7.91. The number of hydrogen-bond acceptors (Lipinski definition) is 3. The van der Waals surface area contributed by atoms with E-state index in [1.54, 1.807) is 0 Å². The summed E-state index contributed by atoms with van der Waals surface area (Å²) in [7, 11) is 0. The molecule has 0 aromatic heterocycles. The van der Waals surface area contributed by atoms with Crippen molar-refractivity contribution in [1.82, 2.24) is 0 Å². The van der Waals surface area contributed by atoms with Gasteiger partial charge in [-0.2, -0.15) is 0 Å². The Morgan fingerprint density at radius 2 is 1.81 bits per heavy atom. The molecule has 2 saturated carbocycles. The number of fused-ring (bicyclic) bond motifs is 2. The summed E-state index contributed by atoms with van der Waals surface area (Å²) in [5, 5.41) is 0. The molecule has 4 atom stereocenters. The van der Waals surface area contributed by atoms with Crippen LogP contribution in [0.4, 0.5) is 0 Å². The molecular formula is C18H22O3. The summed E-state index contributed by atoms with van der Waals surface area (Å²) >= 11 is 0. The number of Topliss-reactive ketones (excluding diaryl/α,β-unsaturated/α-hetero) is 1. The van der Waals surface area contributed by atoms with Crippen molar-refractivity contribution < 1.29 is 14.3 Å². The van der Waals surface area contributed by atoms with Crippen LogP contribution in [0.5, 0.6) is 0 Å². The van der Waals surface area contributed by atoms with Gasteiger partial charge in [-0.05, 0) is 38.2 Å². The first kappa shape index (κ1) is 14.3. The van der Waals surface area contributed by atoms with E-state index in [1.165, 1.54) is 5.56 Å². The van der Waals surface area contributed by atoms with Gasteiger partial charge in [0.15, 0.2) is 0 Å². The molecule has 3 heteroatoms. The van der Waals surface area contributed by atoms with Crippen molar-refractivity contribution in [3.63, 3.8) is 0 Å². The molecule has 0 N–H and O–H groups in total. The van der Waals surface area contributed by atoms with Gasteiger partial charge in [0.2, 0.25) is 0 Å². The van der Waals surface area contributed by atoms with Gasteiger partial charge in [-0.3, -0.25) is 9.59 Å². The van der Waals surface area contributed by atoms with E-state index < -0.39 is 0 Å². The van der Waals surface area contributed by atoms with E-state index in [0.29, 0.717) is 18.6 Å². The van der Waals surface area contributed by atoms with Crippen molar-refractivity contribution in [2.24, 2.45) is 17.8 Å². The van der Waals surface area contributed by atoms with Crippen molar-refractivity contribution in [3.8, 4) is 0 Å². The minimum absolute atomic E-state index is 0.0709. The average Bonchev–Trinajstić information content (AvgIpc) is 2.70. The van der Waals surface area contributed by atoms with E-state index >= 15 is 0 Å². The van der Waals surface area contributed by atoms with E-state index in [2.05, 4.69) is 0 Å². The number of carbonyl (C=O) groups is 2. The van der Waals surface area contributed by atoms with Crippen molar-refractivity contribution in [1.29, 1.82) is 0 Å². The first-order valence-corrected chi connectivity index (χ1v) is 7.91. The number of ketones is 1. The van der Waals surface area contributed by atoms with Gasteiger partial charge in [0.25, 0.3) is 0 Å². The van der Waals surface area contributed by atoms with Gasteiger partial charge in [0.1, 0.15) is 11.9 Å². The third kappa shape index (κ3) is 3.17. The van der Waals surface area contributed by atoms with Gasteiger partial charge >= 0.3 is 5.97 Å². The SMILES string of the molecule is C[C@@H](Cc1ccccc1)OC(=O)C1C[C@H]2CC[C@@H](C1)C2=O. The van der Waals surface area contributed by atoms with Gasteiger partial charge in [-0.15, -0.1) is 0 Å². The molecular weight excluding hydrogens is 264 g/mol. The molecule has 1 unspecified atom stereocenters. The lowest BCUT2D eigenvalue weighted by atomic mass is 9.80. The third-order valence-electron chi connectivity index (χ3n) is 4.82. The second-order valence-corrected chi connectivity index (χ2v) is 6.48. The molecule has 0 spiro atoms. The Morgan fingerprint density at radius 3 is 2.43 bits per heavy atom. The summed E-state index contributed by atoms with van der Waals surface area (Å²) in [5.41, 5.74) is 1.18. The van der Waals surface area contributed by atoms with Crippen LogP contribution in [0.3, 0.4) is 0 Å². The molecule has 1 aromatic rings. The molecule has 0 saturated heterocycles. The molecule has 2 fully saturated rings. The highest BCUT2D eigenvalue weighted by Gasteiger charge is 2.44. The minimum Gasteiger partial charge on any atom is -0.462 e. The Balaban J connectivity index is 1.53. The zero-order valence-corrected chi connectivity index (χ0v) is 12.5. The molecule has 0 amide bonds. The van der Waals surface area contributed by atoms with Gasteiger partial charge in [-0.25, -0.2) is 0 Å². The predicted octanol–water partition coefficient (Wildman–Crippen LogP) is 3.17. The summed E-state index contributed by atoms with van der Waals surface area (Å²) in [6.45, 7) is 1.94. The number of carbonyl (C=O) groups excluding carboxylic acids is 2. The van der Waals surface area contributed by atoms with Gasteiger partial charge in [0.05, 0.1) is 5.92 Å². The van der Waals surface area contributed by atoms with Gasteiger partial charge in [0, 0.05) is 18.3 Å². The summed E-state index contributed by atoms with van der Waals surface area (Å²) in [6.07, 6.45) is 3.96. The molecule has 1 aromatic carbocycles. The Hall–Kier alpha value is -1.64. The summed E-state index contributed by atoms with van der Waals surface area (Å²) < 4.78 is 5.60. The molecule has 2 aliphatic carbocycles. The Labute approximate surface area is 125 Å². The maximum Gasteiger partial charge on any atom is 0.309 e. The molecule has 3 nitrogen and oxygen atoms in total. The van der Waals surface area contributed by atoms with Crippen LogP contribution in [-0.2, 0) is 20.7 Å². The molecule has 21 heavy (non-hydrogen) atoms. The maximum absolute atomic E-state index is 12.3. The lowest BCUT2D eigenvalue weighted by molar-refractivity contribution is -0.155. The van der Waals surface area contributed by atoms with Gasteiger partial charge < -0.3 is 4.74 Å². The van der Waals surface area contributed by atoms with Crippen LogP contribution in [0, 0.1) is 17.8 Å². The number of benzene rings is 1. The monoisotopic (exact) mass is 286 g/mol. The van der Waals surface area contributed by atoms with Crippen LogP contribution in [0.15, 0.2) is 30.3 Å². The summed E-state index contributed by atoms with van der Waals surface area (Å²) in [5.74, 6) is 0.439. The molecule has 112 valence electrons. The second-order valence-electron chi connectivity index (χ2n) is 6.48. The smallest absolute Gasteiger partial charge is 0.309 e. The van der Waals surface area contributed by atoms with E-state index in [0.717, 1.165) is 19.3 Å². The molecule has 0 radical (unpaired) electrons. The first-order chi connectivity index (χ1) is 10.1. The highest BCUT2D eigenvalue weighted by Crippen LogP contribution is 2.42.